The summed E-state index contributed by atoms with van der Waals surface area (Å²) in [6, 6.07) is 14.3. The Balaban J connectivity index is 0.00000512. The zero-order chi connectivity index (χ0) is 22.6. The van der Waals surface area contributed by atoms with Crippen LogP contribution in [0.15, 0.2) is 47.5 Å². The quantitative estimate of drug-likeness (QED) is 0.250. The summed E-state index contributed by atoms with van der Waals surface area (Å²) >= 11 is 0. The van der Waals surface area contributed by atoms with E-state index in [0.29, 0.717) is 6.54 Å². The van der Waals surface area contributed by atoms with Crippen LogP contribution >= 0.6 is 24.0 Å². The zero-order valence-corrected chi connectivity index (χ0v) is 22.3. The van der Waals surface area contributed by atoms with Crippen LogP contribution in [0, 0.1) is 0 Å². The molecule has 2 N–H and O–H groups in total. The Hall–Kier alpha value is -2.20. The topological polar surface area (TPSA) is 67.4 Å². The number of halogens is 1. The fraction of sp³-hybridized carbons (Fsp3) is 0.458. The van der Waals surface area contributed by atoms with Crippen molar-refractivity contribution in [2.24, 2.45) is 4.99 Å². The van der Waals surface area contributed by atoms with Crippen LogP contribution in [0.25, 0.3) is 0 Å². The molecule has 7 nitrogen and oxygen atoms in total. The average molecular weight is 556 g/mol. The van der Waals surface area contributed by atoms with Gasteiger partial charge in [-0.1, -0.05) is 18.2 Å². The van der Waals surface area contributed by atoms with E-state index in [9.17, 15) is 0 Å². The molecule has 0 aromatic heterocycles. The molecule has 0 aliphatic heterocycles. The van der Waals surface area contributed by atoms with Gasteiger partial charge in [-0.25, -0.2) is 0 Å². The summed E-state index contributed by atoms with van der Waals surface area (Å²) in [6.45, 7) is 4.25. The maximum absolute atomic E-state index is 5.39. The lowest BCUT2D eigenvalue weighted by Gasteiger charge is -2.24. The van der Waals surface area contributed by atoms with Gasteiger partial charge in [-0.15, -0.1) is 24.0 Å². The van der Waals surface area contributed by atoms with E-state index in [1.165, 1.54) is 11.1 Å². The number of methoxy groups -OCH3 is 3. The van der Waals surface area contributed by atoms with Crippen molar-refractivity contribution in [2.75, 3.05) is 55.1 Å². The molecule has 0 amide bonds. The molecule has 8 heteroatoms. The van der Waals surface area contributed by atoms with Gasteiger partial charge in [0.15, 0.2) is 17.5 Å². The van der Waals surface area contributed by atoms with Crippen molar-refractivity contribution in [3.8, 4) is 17.2 Å². The van der Waals surface area contributed by atoms with Gasteiger partial charge in [-0.2, -0.15) is 0 Å². The van der Waals surface area contributed by atoms with E-state index < -0.39 is 0 Å². The van der Waals surface area contributed by atoms with Gasteiger partial charge in [-0.05, 0) is 62.8 Å². The van der Waals surface area contributed by atoms with Crippen LogP contribution in [-0.4, -0.2) is 65.9 Å². The minimum atomic E-state index is 0. The van der Waals surface area contributed by atoms with Gasteiger partial charge < -0.3 is 29.7 Å². The SMILES string of the molecule is CCNC(=NCC(c1cccc(OC)c1)N(C)C)NCCc1ccc(OC)c(OC)c1.I. The Morgan fingerprint density at radius 3 is 2.34 bits per heavy atom. The molecule has 0 radical (unpaired) electrons. The predicted octanol–water partition coefficient (Wildman–Crippen LogP) is 3.73. The Labute approximate surface area is 209 Å². The van der Waals surface area contributed by atoms with Crippen molar-refractivity contribution in [3.63, 3.8) is 0 Å². The molecule has 1 unspecified atom stereocenters. The number of benzene rings is 2. The van der Waals surface area contributed by atoms with E-state index in [-0.39, 0.29) is 30.0 Å². The molecule has 0 fully saturated rings. The smallest absolute Gasteiger partial charge is 0.191 e. The number of hydrogen-bond donors (Lipinski definition) is 2. The number of hydrogen-bond acceptors (Lipinski definition) is 5. The Kier molecular flexibility index (Phi) is 12.9. The fourth-order valence-electron chi connectivity index (χ4n) is 3.30. The summed E-state index contributed by atoms with van der Waals surface area (Å²) < 4.78 is 16.1. The number of nitrogens with zero attached hydrogens (tertiary/aromatic N) is 2. The molecular weight excluding hydrogens is 519 g/mol. The third-order valence-electron chi connectivity index (χ3n) is 5.02. The molecule has 0 saturated carbocycles. The normalized spacial score (nSPS) is 12.0. The van der Waals surface area contributed by atoms with E-state index in [1.54, 1.807) is 21.3 Å². The molecule has 178 valence electrons. The largest absolute Gasteiger partial charge is 0.497 e. The third kappa shape index (κ3) is 8.38. The van der Waals surface area contributed by atoms with Crippen LogP contribution in [0.1, 0.15) is 24.1 Å². The average Bonchev–Trinajstić information content (AvgIpc) is 2.78. The van der Waals surface area contributed by atoms with Crippen molar-refractivity contribution < 1.29 is 14.2 Å². The number of rotatable bonds is 11. The highest BCUT2D eigenvalue weighted by molar-refractivity contribution is 14.0. The summed E-state index contributed by atoms with van der Waals surface area (Å²) in [4.78, 5) is 7.00. The van der Waals surface area contributed by atoms with Crippen LogP contribution < -0.4 is 24.8 Å². The highest BCUT2D eigenvalue weighted by Crippen LogP contribution is 2.27. The Morgan fingerprint density at radius 1 is 0.969 bits per heavy atom. The zero-order valence-electron chi connectivity index (χ0n) is 20.0. The first-order valence-corrected chi connectivity index (χ1v) is 10.6. The van der Waals surface area contributed by atoms with Crippen molar-refractivity contribution in [1.82, 2.24) is 15.5 Å². The maximum atomic E-state index is 5.39. The van der Waals surface area contributed by atoms with E-state index in [4.69, 9.17) is 19.2 Å². The van der Waals surface area contributed by atoms with Gasteiger partial charge in [0.1, 0.15) is 5.75 Å². The summed E-state index contributed by atoms with van der Waals surface area (Å²) in [7, 11) is 9.12. The standard InChI is InChI=1S/C24H36N4O3.HI/c1-7-25-24(26-14-13-18-11-12-22(30-5)23(15-18)31-6)27-17-21(28(2)3)19-9-8-10-20(16-19)29-4;/h8-12,15-16,21H,7,13-14,17H2,1-6H3,(H2,25,26,27);1H. The summed E-state index contributed by atoms with van der Waals surface area (Å²) in [5, 5.41) is 6.76. The second kappa shape index (κ2) is 14.8. The van der Waals surface area contributed by atoms with Gasteiger partial charge in [0.05, 0.1) is 33.9 Å². The van der Waals surface area contributed by atoms with Gasteiger partial charge in [0, 0.05) is 13.1 Å². The minimum absolute atomic E-state index is 0. The molecule has 0 saturated heterocycles. The van der Waals surface area contributed by atoms with Crippen LogP contribution in [0.4, 0.5) is 0 Å². The molecule has 0 aliphatic carbocycles. The third-order valence-corrected chi connectivity index (χ3v) is 5.02. The fourth-order valence-corrected chi connectivity index (χ4v) is 3.30. The summed E-state index contributed by atoms with van der Waals surface area (Å²) in [6.07, 6.45) is 0.845. The lowest BCUT2D eigenvalue weighted by Crippen LogP contribution is -2.39. The highest BCUT2D eigenvalue weighted by atomic mass is 127. The predicted molar refractivity (Wildman–Crippen MR) is 142 cm³/mol. The van der Waals surface area contributed by atoms with E-state index in [0.717, 1.165) is 42.7 Å². The molecule has 2 aromatic rings. The van der Waals surface area contributed by atoms with Crippen molar-refractivity contribution in [1.29, 1.82) is 0 Å². The molecule has 32 heavy (non-hydrogen) atoms. The molecule has 0 heterocycles. The number of aliphatic imine (C=N–C) groups is 1. The summed E-state index contributed by atoms with van der Waals surface area (Å²) in [5.41, 5.74) is 2.35. The lowest BCUT2D eigenvalue weighted by molar-refractivity contribution is 0.305. The first-order valence-electron chi connectivity index (χ1n) is 10.6. The Morgan fingerprint density at radius 2 is 1.72 bits per heavy atom. The number of ether oxygens (including phenoxy) is 3. The van der Waals surface area contributed by atoms with Crippen molar-refractivity contribution in [3.05, 3.63) is 53.6 Å². The maximum Gasteiger partial charge on any atom is 0.191 e. The molecule has 0 aliphatic rings. The first kappa shape index (κ1) is 27.8. The van der Waals surface area contributed by atoms with Crippen molar-refractivity contribution in [2.45, 2.75) is 19.4 Å². The second-order valence-corrected chi connectivity index (χ2v) is 7.34. The van der Waals surface area contributed by atoms with Crippen molar-refractivity contribution >= 4 is 29.9 Å². The number of likely N-dealkylation sites (N-methyl/N-ethyl adjacent to an activating group) is 1. The first-order chi connectivity index (χ1) is 15.0. The van der Waals surface area contributed by atoms with E-state index >= 15 is 0 Å². The van der Waals surface area contributed by atoms with Gasteiger partial charge >= 0.3 is 0 Å². The second-order valence-electron chi connectivity index (χ2n) is 7.34. The van der Waals surface area contributed by atoms with Gasteiger partial charge in [-0.3, -0.25) is 4.99 Å². The highest BCUT2D eigenvalue weighted by Gasteiger charge is 2.15. The van der Waals surface area contributed by atoms with E-state index in [2.05, 4.69) is 54.8 Å². The van der Waals surface area contributed by atoms with Crippen LogP contribution in [0.5, 0.6) is 17.2 Å². The number of guanidine groups is 1. The van der Waals surface area contributed by atoms with Gasteiger partial charge in [0.25, 0.3) is 0 Å². The Bertz CT molecular complexity index is 846. The van der Waals surface area contributed by atoms with Crippen LogP contribution in [-0.2, 0) is 6.42 Å². The minimum Gasteiger partial charge on any atom is -0.497 e. The van der Waals surface area contributed by atoms with Crippen LogP contribution in [0.2, 0.25) is 0 Å². The summed E-state index contributed by atoms with van der Waals surface area (Å²) in [5.74, 6) is 3.14. The lowest BCUT2D eigenvalue weighted by atomic mass is 10.1. The monoisotopic (exact) mass is 556 g/mol. The van der Waals surface area contributed by atoms with E-state index in [1.807, 2.05) is 24.3 Å². The molecule has 2 rings (SSSR count). The molecular formula is C24H37IN4O3. The van der Waals surface area contributed by atoms with Crippen LogP contribution in [0.3, 0.4) is 0 Å². The number of nitrogens with one attached hydrogen (secondary N) is 2. The molecule has 2 aromatic carbocycles. The molecule has 0 spiro atoms. The van der Waals surface area contributed by atoms with Gasteiger partial charge in [0.2, 0.25) is 0 Å². The molecule has 0 bridgehead atoms. The molecule has 1 atom stereocenters.